The van der Waals surface area contributed by atoms with E-state index in [2.05, 4.69) is 5.32 Å². The molecule has 1 N–H and O–H groups in total. The Labute approximate surface area is 165 Å². The van der Waals surface area contributed by atoms with Crippen LogP contribution in [0.25, 0.3) is 0 Å². The molecule has 0 amide bonds. The van der Waals surface area contributed by atoms with Crippen LogP contribution in [0.1, 0.15) is 36.5 Å². The summed E-state index contributed by atoms with van der Waals surface area (Å²) in [5.41, 5.74) is 1.27. The van der Waals surface area contributed by atoms with Gasteiger partial charge in [0.05, 0.1) is 11.4 Å². The maximum Gasteiger partial charge on any atom is 0.243 e. The fourth-order valence-electron chi connectivity index (χ4n) is 3.23. The fraction of sp³-hybridized carbons (Fsp3) is 0.350. The number of Topliss-reactive ketones (excluding diaryl/α,β-unsaturated/α-hetero) is 1. The second kappa shape index (κ2) is 8.42. The van der Waals surface area contributed by atoms with Gasteiger partial charge >= 0.3 is 0 Å². The number of piperidine rings is 1. The second-order valence-electron chi connectivity index (χ2n) is 6.77. The van der Waals surface area contributed by atoms with Gasteiger partial charge in [-0.1, -0.05) is 18.0 Å². The van der Waals surface area contributed by atoms with Crippen LogP contribution in [0.5, 0.6) is 0 Å². The van der Waals surface area contributed by atoms with Gasteiger partial charge in [-0.2, -0.15) is 4.31 Å². The number of anilines is 1. The predicted molar refractivity (Wildman–Crippen MR) is 108 cm³/mol. The van der Waals surface area contributed by atoms with Crippen LogP contribution < -0.4 is 5.32 Å². The van der Waals surface area contributed by atoms with Crippen molar-refractivity contribution in [2.45, 2.75) is 37.1 Å². The normalized spacial score (nSPS) is 18.2. The Balaban J connectivity index is 1.64. The highest BCUT2D eigenvalue weighted by molar-refractivity contribution is 7.89. The average molecular weight is 407 g/mol. The minimum atomic E-state index is -3.48. The fourth-order valence-corrected chi connectivity index (χ4v) is 5.05. The Morgan fingerprint density at radius 3 is 2.41 bits per heavy atom. The van der Waals surface area contributed by atoms with Crippen LogP contribution in [0.3, 0.4) is 0 Å². The van der Waals surface area contributed by atoms with Crippen LogP contribution in [0.2, 0.25) is 5.02 Å². The molecule has 1 atom stereocenters. The molecule has 1 aliphatic rings. The van der Waals surface area contributed by atoms with Crippen molar-refractivity contribution < 1.29 is 13.2 Å². The van der Waals surface area contributed by atoms with Gasteiger partial charge in [0.1, 0.15) is 0 Å². The summed E-state index contributed by atoms with van der Waals surface area (Å²) < 4.78 is 27.2. The van der Waals surface area contributed by atoms with E-state index < -0.39 is 10.0 Å². The molecule has 0 radical (unpaired) electrons. The van der Waals surface area contributed by atoms with E-state index in [-0.39, 0.29) is 23.3 Å². The first-order valence-corrected chi connectivity index (χ1v) is 10.8. The lowest BCUT2D eigenvalue weighted by Crippen LogP contribution is -2.41. The molecule has 0 bridgehead atoms. The van der Waals surface area contributed by atoms with Crippen molar-refractivity contribution in [3.63, 3.8) is 0 Å². The molecule has 1 saturated heterocycles. The third kappa shape index (κ3) is 4.69. The van der Waals surface area contributed by atoms with E-state index in [1.165, 1.54) is 0 Å². The summed E-state index contributed by atoms with van der Waals surface area (Å²) in [5, 5.41) is 3.62. The molecule has 1 heterocycles. The maximum absolute atomic E-state index is 12.8. The van der Waals surface area contributed by atoms with Crippen molar-refractivity contribution >= 4 is 33.1 Å². The third-order valence-electron chi connectivity index (χ3n) is 4.82. The standard InChI is InChI=1S/C20H23ClN2O3S/c1-15-4-2-3-13-23(15)27(25,26)19-11-9-18(10-12-19)22-14-20(24)16-5-7-17(21)8-6-16/h5-12,15,22H,2-4,13-14H2,1H3. The minimum Gasteiger partial charge on any atom is -0.378 e. The first kappa shape index (κ1) is 19.9. The summed E-state index contributed by atoms with van der Waals surface area (Å²) >= 11 is 5.83. The highest BCUT2D eigenvalue weighted by Crippen LogP contribution is 2.25. The van der Waals surface area contributed by atoms with Gasteiger partial charge in [0, 0.05) is 28.9 Å². The highest BCUT2D eigenvalue weighted by atomic mass is 35.5. The molecular formula is C20H23ClN2O3S. The maximum atomic E-state index is 12.8. The molecule has 1 unspecified atom stereocenters. The van der Waals surface area contributed by atoms with Crippen molar-refractivity contribution in [2.75, 3.05) is 18.4 Å². The number of benzene rings is 2. The molecule has 5 nitrogen and oxygen atoms in total. The predicted octanol–water partition coefficient (Wildman–Crippen LogP) is 4.20. The smallest absolute Gasteiger partial charge is 0.243 e. The van der Waals surface area contributed by atoms with E-state index in [1.54, 1.807) is 52.8 Å². The summed E-state index contributed by atoms with van der Waals surface area (Å²) in [6, 6.07) is 13.3. The largest absolute Gasteiger partial charge is 0.378 e. The van der Waals surface area contributed by atoms with Crippen LogP contribution in [0.15, 0.2) is 53.4 Å². The first-order valence-electron chi connectivity index (χ1n) is 9.02. The average Bonchev–Trinajstić information content (AvgIpc) is 2.67. The number of nitrogens with one attached hydrogen (secondary N) is 1. The molecule has 27 heavy (non-hydrogen) atoms. The van der Waals surface area contributed by atoms with Crippen LogP contribution in [0.4, 0.5) is 5.69 Å². The Hall–Kier alpha value is -1.89. The van der Waals surface area contributed by atoms with Gasteiger partial charge in [-0.05, 0) is 68.3 Å². The van der Waals surface area contributed by atoms with E-state index in [0.29, 0.717) is 22.8 Å². The number of hydrogen-bond acceptors (Lipinski definition) is 4. The zero-order chi connectivity index (χ0) is 19.4. The lowest BCUT2D eigenvalue weighted by molar-refractivity contribution is 0.101. The number of nitrogens with zero attached hydrogens (tertiary/aromatic N) is 1. The van der Waals surface area contributed by atoms with E-state index in [9.17, 15) is 13.2 Å². The highest BCUT2D eigenvalue weighted by Gasteiger charge is 2.30. The molecule has 0 aromatic heterocycles. The van der Waals surface area contributed by atoms with E-state index in [4.69, 9.17) is 11.6 Å². The zero-order valence-electron chi connectivity index (χ0n) is 15.2. The monoisotopic (exact) mass is 406 g/mol. The Morgan fingerprint density at radius 2 is 1.78 bits per heavy atom. The molecule has 144 valence electrons. The van der Waals surface area contributed by atoms with Crippen molar-refractivity contribution in [2.24, 2.45) is 0 Å². The second-order valence-corrected chi connectivity index (χ2v) is 9.10. The van der Waals surface area contributed by atoms with Crippen molar-refractivity contribution in [1.29, 1.82) is 0 Å². The quantitative estimate of drug-likeness (QED) is 0.730. The molecule has 3 rings (SSSR count). The van der Waals surface area contributed by atoms with Crippen molar-refractivity contribution in [3.8, 4) is 0 Å². The molecular weight excluding hydrogens is 384 g/mol. The van der Waals surface area contributed by atoms with Gasteiger partial charge in [-0.3, -0.25) is 4.79 Å². The number of carbonyl (C=O) groups is 1. The SMILES string of the molecule is CC1CCCCN1S(=O)(=O)c1ccc(NCC(=O)c2ccc(Cl)cc2)cc1. The summed E-state index contributed by atoms with van der Waals surface area (Å²) in [6.07, 6.45) is 2.86. The first-order chi connectivity index (χ1) is 12.9. The Bertz CT molecular complexity index is 896. The van der Waals surface area contributed by atoms with Crippen LogP contribution in [-0.2, 0) is 10.0 Å². The summed E-state index contributed by atoms with van der Waals surface area (Å²) in [5.74, 6) is -0.0643. The molecule has 2 aromatic carbocycles. The molecule has 0 aliphatic carbocycles. The van der Waals surface area contributed by atoms with Gasteiger partial charge < -0.3 is 5.32 Å². The molecule has 1 fully saturated rings. The number of hydrogen-bond donors (Lipinski definition) is 1. The lowest BCUT2D eigenvalue weighted by Gasteiger charge is -2.32. The minimum absolute atomic E-state index is 0.0264. The number of carbonyl (C=O) groups excluding carboxylic acids is 1. The molecule has 7 heteroatoms. The van der Waals surface area contributed by atoms with Gasteiger partial charge in [0.2, 0.25) is 10.0 Å². The van der Waals surface area contributed by atoms with Crippen molar-refractivity contribution in [1.82, 2.24) is 4.31 Å². The zero-order valence-corrected chi connectivity index (χ0v) is 16.8. The van der Waals surface area contributed by atoms with Crippen molar-refractivity contribution in [3.05, 3.63) is 59.1 Å². The molecule has 0 spiro atoms. The number of sulfonamides is 1. The number of halogens is 1. The molecule has 0 saturated carbocycles. The van der Waals surface area contributed by atoms with Gasteiger partial charge in [0.25, 0.3) is 0 Å². The number of ketones is 1. The Morgan fingerprint density at radius 1 is 1.11 bits per heavy atom. The Kier molecular flexibility index (Phi) is 6.19. The van der Waals surface area contributed by atoms with Crippen LogP contribution >= 0.6 is 11.6 Å². The topological polar surface area (TPSA) is 66.5 Å². The number of rotatable bonds is 6. The van der Waals surface area contributed by atoms with Crippen LogP contribution in [0, 0.1) is 0 Å². The van der Waals surface area contributed by atoms with Crippen LogP contribution in [-0.4, -0.2) is 37.6 Å². The summed E-state index contributed by atoms with van der Waals surface area (Å²) in [6.45, 7) is 2.64. The van der Waals surface area contributed by atoms with Gasteiger partial charge in [-0.15, -0.1) is 0 Å². The van der Waals surface area contributed by atoms with E-state index in [0.717, 1.165) is 19.3 Å². The van der Waals surface area contributed by atoms with Gasteiger partial charge in [0.15, 0.2) is 5.78 Å². The molecule has 1 aliphatic heterocycles. The molecule has 2 aromatic rings. The van der Waals surface area contributed by atoms with Gasteiger partial charge in [-0.25, -0.2) is 8.42 Å². The summed E-state index contributed by atoms with van der Waals surface area (Å²) in [4.78, 5) is 12.5. The lowest BCUT2D eigenvalue weighted by atomic mass is 10.1. The third-order valence-corrected chi connectivity index (χ3v) is 7.10. The summed E-state index contributed by atoms with van der Waals surface area (Å²) in [7, 11) is -3.48. The van der Waals surface area contributed by atoms with E-state index >= 15 is 0 Å². The van der Waals surface area contributed by atoms with E-state index in [1.807, 2.05) is 6.92 Å².